The molecule has 2 aliphatic rings. The Kier molecular flexibility index (Phi) is 11.1. The average Bonchev–Trinajstić information content (AvgIpc) is 3.85. The van der Waals surface area contributed by atoms with Crippen LogP contribution in [0.25, 0.3) is 16.3 Å². The summed E-state index contributed by atoms with van der Waals surface area (Å²) in [4.78, 5) is 15.1. The molecule has 2 N–H and O–H groups in total. The van der Waals surface area contributed by atoms with E-state index in [1.165, 1.54) is 28.2 Å². The molecule has 0 spiro atoms. The van der Waals surface area contributed by atoms with Crippen LogP contribution in [0.2, 0.25) is 10.0 Å². The summed E-state index contributed by atoms with van der Waals surface area (Å²) in [6.07, 6.45) is 0.183. The third-order valence-corrected chi connectivity index (χ3v) is 10.9. The minimum absolute atomic E-state index is 0.00912. The number of rotatable bonds is 8. The monoisotopic (exact) mass is 750 g/mol. The Morgan fingerprint density at radius 2 is 1.67 bits per heavy atom. The molecular weight excluding hydrogens is 720 g/mol. The molecule has 2 aromatic carbocycles. The maximum Gasteiger partial charge on any atom is 0.416 e. The Labute approximate surface area is 297 Å². The van der Waals surface area contributed by atoms with Crippen molar-refractivity contribution in [2.45, 2.75) is 44.8 Å². The fraction of sp³-hybridized carbons (Fsp3) is 0.333. The number of halogens is 5. The summed E-state index contributed by atoms with van der Waals surface area (Å²) in [6, 6.07) is 12.9. The molecule has 16 heteroatoms. The molecule has 4 aromatic rings. The molecule has 2 aliphatic heterocycles. The summed E-state index contributed by atoms with van der Waals surface area (Å²) in [7, 11) is 0. The number of nitrogens with zero attached hydrogens (tertiary/aromatic N) is 5. The van der Waals surface area contributed by atoms with Gasteiger partial charge in [-0.3, -0.25) is 15.4 Å². The molecule has 1 amide bonds. The molecule has 0 aliphatic carbocycles. The molecule has 49 heavy (non-hydrogen) atoms. The van der Waals surface area contributed by atoms with Gasteiger partial charge in [-0.1, -0.05) is 45.9 Å². The molecule has 0 radical (unpaired) electrons. The van der Waals surface area contributed by atoms with Crippen molar-refractivity contribution >= 4 is 51.6 Å². The molecule has 258 valence electrons. The highest BCUT2D eigenvalue weighted by Gasteiger charge is 2.32. The number of carbonyl (C=O) groups excluding carboxylic acids is 1. The van der Waals surface area contributed by atoms with Crippen LogP contribution >= 0.6 is 34.5 Å². The number of hydroxylamine groups is 1. The van der Waals surface area contributed by atoms with Gasteiger partial charge < -0.3 is 0 Å². The van der Waals surface area contributed by atoms with Crippen LogP contribution in [-0.2, 0) is 23.9 Å². The average molecular weight is 752 g/mol. The second-order valence-electron chi connectivity index (χ2n) is 11.5. The van der Waals surface area contributed by atoms with Crippen LogP contribution in [0, 0.1) is 11.8 Å². The van der Waals surface area contributed by atoms with E-state index >= 15 is 0 Å². The van der Waals surface area contributed by atoms with E-state index in [4.69, 9.17) is 28.3 Å². The number of carbonyl (C=O) groups is 1. The standard InChI is InChI=1S/C33H31Cl2F3N6O3S2/c34-24-11-14-28(27(35)20-24)44-31(29-15-13-25(48-29)12-8-22-6-9-23(10-7-22)33(36,37)38)26(21-43(46)49(47)42-18-4-5-19-42)30(39-44)32(45)40-41-16-2-1-3-17-41/h6-7,9-11,13-15,20,46H,1-5,16-19,21H2,(H,40,45). The molecule has 2 saturated heterocycles. The minimum Gasteiger partial charge on any atom is -0.300 e. The Balaban J connectivity index is 1.43. The fourth-order valence-electron chi connectivity index (χ4n) is 5.64. The van der Waals surface area contributed by atoms with E-state index < -0.39 is 28.8 Å². The van der Waals surface area contributed by atoms with Gasteiger partial charge in [0.25, 0.3) is 5.91 Å². The smallest absolute Gasteiger partial charge is 0.300 e. The van der Waals surface area contributed by atoms with Crippen molar-refractivity contribution in [3.63, 3.8) is 0 Å². The van der Waals surface area contributed by atoms with Gasteiger partial charge in [0, 0.05) is 42.3 Å². The lowest BCUT2D eigenvalue weighted by Gasteiger charge is -2.26. The summed E-state index contributed by atoms with van der Waals surface area (Å²) in [5.74, 6) is 5.40. The van der Waals surface area contributed by atoms with Crippen LogP contribution in [0.3, 0.4) is 0 Å². The van der Waals surface area contributed by atoms with Crippen LogP contribution in [0.1, 0.15) is 64.2 Å². The van der Waals surface area contributed by atoms with Gasteiger partial charge in [0.2, 0.25) is 0 Å². The highest BCUT2D eigenvalue weighted by molar-refractivity contribution is 7.80. The maximum absolute atomic E-state index is 13.9. The first-order valence-electron chi connectivity index (χ1n) is 15.5. The zero-order chi connectivity index (χ0) is 34.7. The van der Waals surface area contributed by atoms with Gasteiger partial charge in [-0.2, -0.15) is 18.3 Å². The number of amides is 1. The summed E-state index contributed by atoms with van der Waals surface area (Å²) in [5, 5.41) is 18.4. The molecule has 6 rings (SSSR count). The van der Waals surface area contributed by atoms with E-state index in [1.807, 2.05) is 5.01 Å². The summed E-state index contributed by atoms with van der Waals surface area (Å²) in [5.41, 5.74) is 3.73. The lowest BCUT2D eigenvalue weighted by molar-refractivity contribution is -0.137. The quantitative estimate of drug-likeness (QED) is 0.146. The van der Waals surface area contributed by atoms with E-state index in [0.717, 1.165) is 44.2 Å². The van der Waals surface area contributed by atoms with Crippen molar-refractivity contribution in [2.75, 3.05) is 26.2 Å². The highest BCUT2D eigenvalue weighted by Crippen LogP contribution is 2.37. The Morgan fingerprint density at radius 3 is 2.35 bits per heavy atom. The largest absolute Gasteiger partial charge is 0.416 e. The van der Waals surface area contributed by atoms with Crippen molar-refractivity contribution in [3.8, 4) is 28.1 Å². The number of nitrogens with one attached hydrogen (secondary N) is 1. The molecule has 9 nitrogen and oxygen atoms in total. The second-order valence-corrected chi connectivity index (χ2v) is 14.9. The van der Waals surface area contributed by atoms with Crippen LogP contribution in [0.5, 0.6) is 0 Å². The van der Waals surface area contributed by atoms with Gasteiger partial charge in [-0.25, -0.2) is 18.2 Å². The lowest BCUT2D eigenvalue weighted by atomic mass is 10.1. The van der Waals surface area contributed by atoms with E-state index in [0.29, 0.717) is 67.9 Å². The summed E-state index contributed by atoms with van der Waals surface area (Å²) >= 11 is 12.2. The SMILES string of the molecule is O=C(NN1CCCCC1)c1nn(-c2ccc(Cl)cc2Cl)c(-c2ccc(C#Cc3ccc(C(F)(F)F)cc3)s2)c1CN(O)S(=O)N1CCCC1. The fourth-order valence-corrected chi connectivity index (χ4v) is 8.12. The number of benzene rings is 2. The van der Waals surface area contributed by atoms with E-state index in [9.17, 15) is 27.4 Å². The third kappa shape index (κ3) is 8.38. The van der Waals surface area contributed by atoms with Gasteiger partial charge in [0.05, 0.1) is 38.3 Å². The number of hydrazine groups is 1. The molecule has 2 fully saturated rings. The third-order valence-electron chi connectivity index (χ3n) is 8.09. The van der Waals surface area contributed by atoms with Crippen molar-refractivity contribution in [1.29, 1.82) is 0 Å². The summed E-state index contributed by atoms with van der Waals surface area (Å²) < 4.78 is 56.2. The Morgan fingerprint density at radius 1 is 0.980 bits per heavy atom. The van der Waals surface area contributed by atoms with E-state index in [-0.39, 0.29) is 17.3 Å². The normalized spacial score (nSPS) is 16.5. The predicted octanol–water partition coefficient (Wildman–Crippen LogP) is 7.32. The van der Waals surface area contributed by atoms with Crippen LogP contribution in [-0.4, -0.2) is 65.1 Å². The predicted molar refractivity (Wildman–Crippen MR) is 183 cm³/mol. The molecule has 4 heterocycles. The van der Waals surface area contributed by atoms with Gasteiger partial charge in [-0.15, -0.1) is 11.3 Å². The van der Waals surface area contributed by atoms with Crippen molar-refractivity contribution in [2.24, 2.45) is 0 Å². The van der Waals surface area contributed by atoms with Crippen molar-refractivity contribution in [1.82, 2.24) is 29.0 Å². The van der Waals surface area contributed by atoms with Gasteiger partial charge in [-0.05, 0) is 80.3 Å². The van der Waals surface area contributed by atoms with Gasteiger partial charge in [0.15, 0.2) is 16.9 Å². The van der Waals surface area contributed by atoms with Crippen LogP contribution in [0.4, 0.5) is 13.2 Å². The van der Waals surface area contributed by atoms with E-state index in [1.54, 1.807) is 34.6 Å². The number of hydrogen-bond acceptors (Lipinski definition) is 6. The minimum atomic E-state index is -4.45. The first-order chi connectivity index (χ1) is 23.5. The molecular formula is C33H31Cl2F3N6O3S2. The lowest BCUT2D eigenvalue weighted by Crippen LogP contribution is -2.45. The van der Waals surface area contributed by atoms with Crippen LogP contribution in [0.15, 0.2) is 54.6 Å². The Bertz CT molecular complexity index is 1910. The molecule has 0 saturated carbocycles. The molecule has 1 atom stereocenters. The molecule has 1 unspecified atom stereocenters. The van der Waals surface area contributed by atoms with Gasteiger partial charge >= 0.3 is 6.18 Å². The number of piperidine rings is 1. The topological polar surface area (TPSA) is 93.9 Å². The first kappa shape index (κ1) is 35.6. The molecule has 0 bridgehead atoms. The highest BCUT2D eigenvalue weighted by atomic mass is 35.5. The second kappa shape index (κ2) is 15.3. The zero-order valence-corrected chi connectivity index (χ0v) is 29.1. The summed E-state index contributed by atoms with van der Waals surface area (Å²) in [6.45, 7) is 2.16. The molecule has 2 aromatic heterocycles. The number of hydrogen-bond donors (Lipinski definition) is 2. The Hall–Kier alpha value is -3.26. The van der Waals surface area contributed by atoms with Crippen molar-refractivity contribution in [3.05, 3.63) is 91.9 Å². The first-order valence-corrected chi connectivity index (χ1v) is 18.2. The van der Waals surface area contributed by atoms with Crippen LogP contribution < -0.4 is 5.43 Å². The number of alkyl halides is 3. The maximum atomic E-state index is 13.9. The van der Waals surface area contributed by atoms with Crippen molar-refractivity contribution < 1.29 is 27.4 Å². The van der Waals surface area contributed by atoms with E-state index in [2.05, 4.69) is 17.3 Å². The zero-order valence-electron chi connectivity index (χ0n) is 26.0. The number of aromatic nitrogens is 2. The van der Waals surface area contributed by atoms with Gasteiger partial charge in [0.1, 0.15) is 0 Å². The number of thiophene rings is 1.